The van der Waals surface area contributed by atoms with E-state index >= 15 is 0 Å². The minimum atomic E-state index is -3.95. The first-order valence-corrected chi connectivity index (χ1v) is 13.6. The minimum Gasteiger partial charge on any atom is -0.468 e. The number of ether oxygens (including phenoxy) is 1. The van der Waals surface area contributed by atoms with Crippen molar-refractivity contribution in [3.63, 3.8) is 0 Å². The van der Waals surface area contributed by atoms with Crippen LogP contribution >= 0.6 is 23.2 Å². The summed E-state index contributed by atoms with van der Waals surface area (Å²) in [7, 11) is -2.75. The van der Waals surface area contributed by atoms with Crippen molar-refractivity contribution in [3.8, 4) is 0 Å². The zero-order chi connectivity index (χ0) is 27.0. The van der Waals surface area contributed by atoms with Gasteiger partial charge in [-0.25, -0.2) is 0 Å². The Morgan fingerprint density at radius 1 is 1.00 bits per heavy atom. The maximum Gasteiger partial charge on any atom is 0.324 e. The van der Waals surface area contributed by atoms with Gasteiger partial charge in [-0.05, 0) is 36.0 Å². The number of hydrogen-bond donors (Lipinski definition) is 2. The number of rotatable bonds is 12. The van der Waals surface area contributed by atoms with Crippen molar-refractivity contribution in [3.05, 3.63) is 57.8 Å². The van der Waals surface area contributed by atoms with Gasteiger partial charge in [0.05, 0.1) is 22.7 Å². The molecule has 1 atom stereocenters. The molecule has 0 radical (unpaired) electrons. The third-order valence-electron chi connectivity index (χ3n) is 4.99. The van der Waals surface area contributed by atoms with Crippen molar-refractivity contribution in [1.82, 2.24) is 14.0 Å². The molecule has 2 rings (SSSR count). The highest BCUT2D eigenvalue weighted by Gasteiger charge is 2.31. The molecule has 9 nitrogen and oxygen atoms in total. The van der Waals surface area contributed by atoms with Gasteiger partial charge in [0.15, 0.2) is 0 Å². The fraction of sp³-hybridized carbons (Fsp3) is 0.458. The molecule has 198 valence electrons. The summed E-state index contributed by atoms with van der Waals surface area (Å²) in [6.07, 6.45) is 2.70. The molecule has 0 aliphatic rings. The number of carbonyl (C=O) groups excluding carboxylic acids is 2. The first-order chi connectivity index (χ1) is 16.8. The number of amides is 1. The highest BCUT2D eigenvalue weighted by Crippen LogP contribution is 2.24. The number of benzene rings is 1. The number of carbonyl (C=O) groups is 2. The largest absolute Gasteiger partial charge is 0.468 e. The zero-order valence-electron chi connectivity index (χ0n) is 20.9. The Morgan fingerprint density at radius 3 is 2.00 bits per heavy atom. The van der Waals surface area contributed by atoms with E-state index in [1.807, 2.05) is 27.7 Å². The van der Waals surface area contributed by atoms with Crippen molar-refractivity contribution in [1.29, 1.82) is 0 Å². The third-order valence-corrected chi connectivity index (χ3v) is 7.12. The molecule has 0 saturated heterocycles. The average molecular weight is 560 g/mol. The molecule has 0 saturated carbocycles. The molecule has 0 unspecified atom stereocenters. The summed E-state index contributed by atoms with van der Waals surface area (Å²) in [5.74, 6) is -0.990. The Labute approximate surface area is 222 Å². The van der Waals surface area contributed by atoms with Crippen LogP contribution in [0.1, 0.15) is 43.6 Å². The first kappa shape index (κ1) is 30.0. The maximum absolute atomic E-state index is 13.1. The molecular formula is C24H32Cl2N4O5S. The van der Waals surface area contributed by atoms with Crippen LogP contribution in [0.5, 0.6) is 0 Å². The fourth-order valence-corrected chi connectivity index (χ4v) is 5.65. The van der Waals surface area contributed by atoms with Crippen molar-refractivity contribution in [2.45, 2.75) is 40.2 Å². The SMILES string of the molecule is COC(=O)[C@H](Cc1ccc(NC(=O)c2c(Cl)cncc2Cl)cc1)NS(=O)(=O)N(CC(C)C)CC(C)C. The molecule has 2 N–H and O–H groups in total. The number of halogens is 2. The number of aromatic nitrogens is 1. The van der Waals surface area contributed by atoms with Gasteiger partial charge in [0.1, 0.15) is 6.04 Å². The van der Waals surface area contributed by atoms with E-state index in [9.17, 15) is 18.0 Å². The molecule has 0 bridgehead atoms. The van der Waals surface area contributed by atoms with Gasteiger partial charge in [0, 0.05) is 31.2 Å². The number of pyridine rings is 1. The van der Waals surface area contributed by atoms with Crippen molar-refractivity contribution < 1.29 is 22.7 Å². The van der Waals surface area contributed by atoms with Gasteiger partial charge < -0.3 is 10.1 Å². The monoisotopic (exact) mass is 558 g/mol. The van der Waals surface area contributed by atoms with Gasteiger partial charge in [-0.1, -0.05) is 63.0 Å². The normalized spacial score (nSPS) is 12.7. The lowest BCUT2D eigenvalue weighted by atomic mass is 10.1. The minimum absolute atomic E-state index is 0.0549. The molecule has 1 aromatic carbocycles. The lowest BCUT2D eigenvalue weighted by molar-refractivity contribution is -0.142. The molecular weight excluding hydrogens is 527 g/mol. The number of anilines is 1. The van der Waals surface area contributed by atoms with Gasteiger partial charge >= 0.3 is 5.97 Å². The predicted octanol–water partition coefficient (Wildman–Crippen LogP) is 4.17. The lowest BCUT2D eigenvalue weighted by Crippen LogP contribution is -2.51. The Balaban J connectivity index is 2.17. The summed E-state index contributed by atoms with van der Waals surface area (Å²) < 4.78 is 34.9. The van der Waals surface area contributed by atoms with Gasteiger partial charge in [-0.15, -0.1) is 0 Å². The van der Waals surface area contributed by atoms with Crippen LogP contribution in [0.4, 0.5) is 5.69 Å². The summed E-state index contributed by atoms with van der Waals surface area (Å²) in [6, 6.07) is 5.48. The third kappa shape index (κ3) is 8.70. The number of nitrogens with one attached hydrogen (secondary N) is 2. The van der Waals surface area contributed by atoms with E-state index in [2.05, 4.69) is 15.0 Å². The molecule has 0 aliphatic heterocycles. The van der Waals surface area contributed by atoms with Crippen LogP contribution in [0.15, 0.2) is 36.7 Å². The van der Waals surface area contributed by atoms with Crippen LogP contribution < -0.4 is 10.0 Å². The van der Waals surface area contributed by atoms with Crippen molar-refractivity contribution in [2.24, 2.45) is 11.8 Å². The Hall–Kier alpha value is -2.24. The van der Waals surface area contributed by atoms with Crippen LogP contribution in [-0.2, 0) is 26.2 Å². The Morgan fingerprint density at radius 2 is 1.53 bits per heavy atom. The van der Waals surface area contributed by atoms with Gasteiger partial charge in [0.25, 0.3) is 16.1 Å². The number of methoxy groups -OCH3 is 1. The van der Waals surface area contributed by atoms with Crippen LogP contribution in [-0.4, -0.2) is 55.8 Å². The second-order valence-electron chi connectivity index (χ2n) is 9.14. The summed E-state index contributed by atoms with van der Waals surface area (Å²) in [5.41, 5.74) is 1.22. The second-order valence-corrected chi connectivity index (χ2v) is 11.7. The molecule has 0 fully saturated rings. The molecule has 2 aromatic rings. The van der Waals surface area contributed by atoms with Gasteiger partial charge in [0.2, 0.25) is 0 Å². The van der Waals surface area contributed by atoms with Gasteiger partial charge in [-0.3, -0.25) is 14.6 Å². The predicted molar refractivity (Wildman–Crippen MR) is 141 cm³/mol. The van der Waals surface area contributed by atoms with Crippen molar-refractivity contribution >= 4 is 51.0 Å². The van der Waals surface area contributed by atoms with E-state index in [0.717, 1.165) is 0 Å². The van der Waals surface area contributed by atoms with E-state index in [0.29, 0.717) is 24.3 Å². The molecule has 12 heteroatoms. The maximum atomic E-state index is 13.1. The van der Waals surface area contributed by atoms with Crippen molar-refractivity contribution in [2.75, 3.05) is 25.5 Å². The number of nitrogens with zero attached hydrogens (tertiary/aromatic N) is 2. The molecule has 36 heavy (non-hydrogen) atoms. The van der Waals surface area contributed by atoms with Gasteiger partial charge in [-0.2, -0.15) is 17.4 Å². The van der Waals surface area contributed by atoms with E-state index in [4.69, 9.17) is 27.9 Å². The highest BCUT2D eigenvalue weighted by atomic mass is 35.5. The molecule has 1 aromatic heterocycles. The molecule has 1 amide bonds. The topological polar surface area (TPSA) is 118 Å². The summed E-state index contributed by atoms with van der Waals surface area (Å²) in [6.45, 7) is 8.35. The second kappa shape index (κ2) is 13.3. The van der Waals surface area contributed by atoms with Crippen LogP contribution in [0.2, 0.25) is 10.0 Å². The lowest BCUT2D eigenvalue weighted by Gasteiger charge is -2.27. The molecule has 1 heterocycles. The standard InChI is InChI=1S/C24H32Cl2N4O5S/c1-15(2)13-30(14-16(3)4)36(33,34)29-21(24(32)35-5)10-17-6-8-18(9-7-17)28-23(31)22-19(25)11-27-12-20(22)26/h6-9,11-12,15-16,21,29H,10,13-14H2,1-5H3,(H,28,31)/t21-/m0/s1. The van der Waals surface area contributed by atoms with E-state index in [1.165, 1.54) is 23.8 Å². The smallest absolute Gasteiger partial charge is 0.324 e. The Bertz CT molecular complexity index is 1130. The number of hydrogen-bond acceptors (Lipinski definition) is 6. The first-order valence-electron chi connectivity index (χ1n) is 11.4. The van der Waals surface area contributed by atoms with Crippen LogP contribution in [0.25, 0.3) is 0 Å². The summed E-state index contributed by atoms with van der Waals surface area (Å²) >= 11 is 12.1. The quantitative estimate of drug-likeness (QED) is 0.377. The highest BCUT2D eigenvalue weighted by molar-refractivity contribution is 7.87. The van der Waals surface area contributed by atoms with Crippen LogP contribution in [0.3, 0.4) is 0 Å². The zero-order valence-corrected chi connectivity index (χ0v) is 23.2. The molecule has 0 aliphatic carbocycles. The van der Waals surface area contributed by atoms with E-state index in [-0.39, 0.29) is 33.9 Å². The Kier molecular flexibility index (Phi) is 11.1. The summed E-state index contributed by atoms with van der Waals surface area (Å²) in [5, 5.41) is 2.94. The average Bonchev–Trinajstić information content (AvgIpc) is 2.78. The van der Waals surface area contributed by atoms with E-state index in [1.54, 1.807) is 24.3 Å². The summed E-state index contributed by atoms with van der Waals surface area (Å²) in [4.78, 5) is 28.8. The molecule has 0 spiro atoms. The number of esters is 1. The fourth-order valence-electron chi connectivity index (χ4n) is 3.44. The van der Waals surface area contributed by atoms with Crippen LogP contribution in [0, 0.1) is 11.8 Å². The van der Waals surface area contributed by atoms with E-state index < -0.39 is 28.1 Å².